The molecule has 3 aromatic rings. The normalized spacial score (nSPS) is 10.5. The summed E-state index contributed by atoms with van der Waals surface area (Å²) in [5, 5.41) is 3.53. The summed E-state index contributed by atoms with van der Waals surface area (Å²) in [7, 11) is 0. The molecule has 0 spiro atoms. The Morgan fingerprint density at radius 2 is 1.88 bits per heavy atom. The van der Waals surface area contributed by atoms with Gasteiger partial charge in [0.25, 0.3) is 5.91 Å². The lowest BCUT2D eigenvalue weighted by atomic mass is 10.1. The monoisotopic (exact) mass is 370 g/mol. The molecule has 0 saturated heterocycles. The van der Waals surface area contributed by atoms with Crippen molar-refractivity contribution in [3.63, 3.8) is 0 Å². The number of rotatable bonds is 4. The first-order valence-corrected chi connectivity index (χ1v) is 8.27. The molecule has 0 aliphatic rings. The largest absolute Gasteiger partial charge is 0.462 e. The van der Waals surface area contributed by atoms with Gasteiger partial charge in [0, 0.05) is 33.4 Å². The van der Waals surface area contributed by atoms with Gasteiger partial charge in [0.05, 0.1) is 6.61 Å². The average molecular weight is 371 g/mol. The van der Waals surface area contributed by atoms with Crippen LogP contribution in [0.15, 0.2) is 53.5 Å². The third-order valence-electron chi connectivity index (χ3n) is 3.74. The predicted octanol–water partition coefficient (Wildman–Crippen LogP) is 3.61. The van der Waals surface area contributed by atoms with E-state index in [9.17, 15) is 14.4 Å². The highest BCUT2D eigenvalue weighted by molar-refractivity contribution is 6.30. The van der Waals surface area contributed by atoms with E-state index in [1.807, 2.05) is 0 Å². The molecule has 1 heterocycles. The van der Waals surface area contributed by atoms with Crippen LogP contribution in [-0.2, 0) is 4.74 Å². The van der Waals surface area contributed by atoms with Gasteiger partial charge in [0.1, 0.15) is 5.56 Å². The minimum atomic E-state index is -0.689. The number of pyridine rings is 1. The summed E-state index contributed by atoms with van der Waals surface area (Å²) >= 11 is 5.81. The van der Waals surface area contributed by atoms with Gasteiger partial charge in [-0.1, -0.05) is 11.6 Å². The van der Waals surface area contributed by atoms with Gasteiger partial charge in [-0.3, -0.25) is 9.59 Å². The van der Waals surface area contributed by atoms with Crippen molar-refractivity contribution in [1.82, 2.24) is 4.98 Å². The van der Waals surface area contributed by atoms with E-state index < -0.39 is 11.4 Å². The molecule has 0 radical (unpaired) electrons. The summed E-state index contributed by atoms with van der Waals surface area (Å²) in [5.41, 5.74) is 0.875. The van der Waals surface area contributed by atoms with E-state index in [-0.39, 0.29) is 23.5 Å². The number of hydrogen-bond donors (Lipinski definition) is 2. The zero-order valence-electron chi connectivity index (χ0n) is 13.8. The Morgan fingerprint density at radius 1 is 1.15 bits per heavy atom. The molecule has 0 atom stereocenters. The molecule has 1 aromatic heterocycles. The molecular formula is C19H15ClN2O4. The second kappa shape index (κ2) is 7.41. The summed E-state index contributed by atoms with van der Waals surface area (Å²) in [4.78, 5) is 39.6. The van der Waals surface area contributed by atoms with E-state index in [1.54, 1.807) is 43.3 Å². The number of aromatic nitrogens is 1. The highest BCUT2D eigenvalue weighted by atomic mass is 35.5. The van der Waals surface area contributed by atoms with Crippen LogP contribution in [0.3, 0.4) is 0 Å². The molecule has 0 aliphatic carbocycles. The van der Waals surface area contributed by atoms with Crippen molar-refractivity contribution in [2.75, 3.05) is 11.9 Å². The molecule has 26 heavy (non-hydrogen) atoms. The number of halogens is 1. The van der Waals surface area contributed by atoms with Crippen LogP contribution in [0, 0.1) is 0 Å². The number of nitrogens with one attached hydrogen (secondary N) is 2. The molecule has 1 amide bonds. The molecule has 6 nitrogen and oxygen atoms in total. The van der Waals surface area contributed by atoms with Crippen LogP contribution in [0.1, 0.15) is 27.6 Å². The SMILES string of the molecule is CCOC(=O)c1c[nH]c2ccc(NC(=O)c3ccc(Cl)cc3)cc2c1=O. The molecule has 0 saturated carbocycles. The minimum absolute atomic E-state index is 0.0828. The van der Waals surface area contributed by atoms with Crippen LogP contribution < -0.4 is 10.7 Å². The van der Waals surface area contributed by atoms with E-state index in [0.717, 1.165) is 0 Å². The first-order valence-electron chi connectivity index (χ1n) is 7.89. The highest BCUT2D eigenvalue weighted by Crippen LogP contribution is 2.17. The van der Waals surface area contributed by atoms with Gasteiger partial charge in [-0.05, 0) is 49.4 Å². The lowest BCUT2D eigenvalue weighted by Crippen LogP contribution is -2.18. The third-order valence-corrected chi connectivity index (χ3v) is 3.99. The van der Waals surface area contributed by atoms with Crippen molar-refractivity contribution in [2.45, 2.75) is 6.92 Å². The highest BCUT2D eigenvalue weighted by Gasteiger charge is 2.14. The molecule has 2 N–H and O–H groups in total. The fraction of sp³-hybridized carbons (Fsp3) is 0.105. The van der Waals surface area contributed by atoms with Gasteiger partial charge in [-0.2, -0.15) is 0 Å². The third kappa shape index (κ3) is 3.60. The second-order valence-electron chi connectivity index (χ2n) is 5.47. The van der Waals surface area contributed by atoms with Crippen molar-refractivity contribution >= 4 is 40.1 Å². The number of amides is 1. The van der Waals surface area contributed by atoms with Crippen molar-refractivity contribution in [3.05, 3.63) is 75.0 Å². The Balaban J connectivity index is 1.94. The fourth-order valence-corrected chi connectivity index (χ4v) is 2.59. The summed E-state index contributed by atoms with van der Waals surface area (Å²) < 4.78 is 4.88. The number of hydrogen-bond acceptors (Lipinski definition) is 4. The molecule has 0 unspecified atom stereocenters. The van der Waals surface area contributed by atoms with E-state index in [1.165, 1.54) is 12.3 Å². The number of ether oxygens (including phenoxy) is 1. The van der Waals surface area contributed by atoms with E-state index >= 15 is 0 Å². The van der Waals surface area contributed by atoms with Gasteiger partial charge < -0.3 is 15.0 Å². The Morgan fingerprint density at radius 3 is 2.58 bits per heavy atom. The standard InChI is InChI=1S/C19H15ClN2O4/c1-2-26-19(25)15-10-21-16-8-7-13(9-14(16)17(15)23)22-18(24)11-3-5-12(20)6-4-11/h3-10H,2H2,1H3,(H,21,23)(H,22,24). The second-order valence-corrected chi connectivity index (χ2v) is 5.91. The summed E-state index contributed by atoms with van der Waals surface area (Å²) in [6.45, 7) is 1.84. The molecule has 2 aromatic carbocycles. The molecule has 0 bridgehead atoms. The summed E-state index contributed by atoms with van der Waals surface area (Å²) in [5.74, 6) is -1.02. The number of fused-ring (bicyclic) bond motifs is 1. The smallest absolute Gasteiger partial charge is 0.343 e. The van der Waals surface area contributed by atoms with Crippen molar-refractivity contribution < 1.29 is 14.3 Å². The van der Waals surface area contributed by atoms with Crippen LogP contribution in [0.4, 0.5) is 5.69 Å². The Bertz CT molecular complexity index is 1040. The number of H-pyrrole nitrogens is 1. The quantitative estimate of drug-likeness (QED) is 0.687. The molecule has 132 valence electrons. The Labute approximate surface area is 153 Å². The van der Waals surface area contributed by atoms with Gasteiger partial charge in [0.15, 0.2) is 0 Å². The number of carbonyl (C=O) groups is 2. The van der Waals surface area contributed by atoms with Gasteiger partial charge in [-0.15, -0.1) is 0 Å². The van der Waals surface area contributed by atoms with Gasteiger partial charge >= 0.3 is 5.97 Å². The molecule has 3 rings (SSSR count). The van der Waals surface area contributed by atoms with Crippen molar-refractivity contribution in [2.24, 2.45) is 0 Å². The number of anilines is 1. The average Bonchev–Trinajstić information content (AvgIpc) is 2.63. The van der Waals surface area contributed by atoms with Gasteiger partial charge in [-0.25, -0.2) is 4.79 Å². The number of benzene rings is 2. The van der Waals surface area contributed by atoms with Crippen LogP contribution >= 0.6 is 11.6 Å². The molecule has 7 heteroatoms. The zero-order valence-corrected chi connectivity index (χ0v) is 14.6. The number of esters is 1. The van der Waals surface area contributed by atoms with Crippen LogP contribution in [0.25, 0.3) is 10.9 Å². The maximum Gasteiger partial charge on any atom is 0.343 e. The number of aromatic amines is 1. The predicted molar refractivity (Wildman–Crippen MR) is 99.9 cm³/mol. The van der Waals surface area contributed by atoms with Gasteiger partial charge in [0.2, 0.25) is 5.43 Å². The molecule has 0 aliphatic heterocycles. The zero-order chi connectivity index (χ0) is 18.7. The maximum absolute atomic E-state index is 12.5. The van der Waals surface area contributed by atoms with E-state index in [2.05, 4.69) is 10.3 Å². The summed E-state index contributed by atoms with van der Waals surface area (Å²) in [6, 6.07) is 11.3. The van der Waals surface area contributed by atoms with E-state index in [0.29, 0.717) is 21.8 Å². The first kappa shape index (κ1) is 17.7. The van der Waals surface area contributed by atoms with E-state index in [4.69, 9.17) is 16.3 Å². The lowest BCUT2D eigenvalue weighted by molar-refractivity contribution is 0.0524. The lowest BCUT2D eigenvalue weighted by Gasteiger charge is -2.08. The molecule has 0 fully saturated rings. The van der Waals surface area contributed by atoms with Crippen LogP contribution in [0.5, 0.6) is 0 Å². The number of carbonyl (C=O) groups excluding carboxylic acids is 2. The Hall–Kier alpha value is -3.12. The first-order chi connectivity index (χ1) is 12.5. The van der Waals surface area contributed by atoms with Crippen LogP contribution in [-0.4, -0.2) is 23.5 Å². The Kier molecular flexibility index (Phi) is 5.04. The van der Waals surface area contributed by atoms with Crippen molar-refractivity contribution in [1.29, 1.82) is 0 Å². The topological polar surface area (TPSA) is 88.3 Å². The fourth-order valence-electron chi connectivity index (χ4n) is 2.46. The maximum atomic E-state index is 12.5. The van der Waals surface area contributed by atoms with Crippen LogP contribution in [0.2, 0.25) is 5.02 Å². The summed E-state index contributed by atoms with van der Waals surface area (Å²) in [6.07, 6.45) is 1.33. The van der Waals surface area contributed by atoms with Crippen molar-refractivity contribution in [3.8, 4) is 0 Å². The molecular weight excluding hydrogens is 356 g/mol. The minimum Gasteiger partial charge on any atom is -0.462 e.